The van der Waals surface area contributed by atoms with E-state index in [-0.39, 0.29) is 41.7 Å². The maximum Gasteiger partial charge on any atom is 0.276 e. The summed E-state index contributed by atoms with van der Waals surface area (Å²) in [5.74, 6) is 0.654. The molecule has 2 aliphatic rings. The Bertz CT molecular complexity index is 1380. The zero-order chi connectivity index (χ0) is 24.4. The Morgan fingerprint density at radius 1 is 1.37 bits per heavy atom. The van der Waals surface area contributed by atoms with Crippen molar-refractivity contribution in [2.75, 3.05) is 26.4 Å². The molecule has 0 spiro atoms. The van der Waals surface area contributed by atoms with Crippen LogP contribution in [-0.2, 0) is 11.3 Å². The average Bonchev–Trinajstić information content (AvgIpc) is 3.28. The number of aromatic amines is 1. The molecule has 1 aromatic carbocycles. The first-order chi connectivity index (χ1) is 17.0. The molecule has 3 aromatic rings. The maximum atomic E-state index is 12.9. The van der Waals surface area contributed by atoms with Crippen LogP contribution in [-0.4, -0.2) is 57.0 Å². The van der Waals surface area contributed by atoms with Gasteiger partial charge in [-0.05, 0) is 30.5 Å². The standard InChI is InChI=1S/C24H24ClN5O5/c25-17-7-4-8-18(20(17)22(33)26-11-24(12-31)13-34-14-24)35-10-16-9-19(32)30-23(27-16)28-21(29-30)15-5-2-1-3-6-15/h1-2,4-5,7-9,31H,3,6,10-14H2,(H,26,33)(H,27,28,29). The molecule has 0 saturated carbocycles. The Morgan fingerprint density at radius 3 is 2.94 bits per heavy atom. The summed E-state index contributed by atoms with van der Waals surface area (Å²) in [6.07, 6.45) is 7.67. The van der Waals surface area contributed by atoms with E-state index >= 15 is 0 Å². The number of aliphatic hydroxyl groups is 1. The lowest BCUT2D eigenvalue weighted by atomic mass is 9.87. The normalized spacial score (nSPS) is 16.6. The monoisotopic (exact) mass is 497 g/mol. The summed E-state index contributed by atoms with van der Waals surface area (Å²) in [5, 5.41) is 16.9. The number of ether oxygens (including phenoxy) is 2. The van der Waals surface area contributed by atoms with E-state index in [4.69, 9.17) is 21.1 Å². The number of benzene rings is 1. The number of nitrogens with zero attached hydrogens (tertiary/aromatic N) is 3. The third-order valence-corrected chi connectivity index (χ3v) is 6.36. The van der Waals surface area contributed by atoms with E-state index in [1.54, 1.807) is 18.2 Å². The van der Waals surface area contributed by atoms with Crippen molar-refractivity contribution in [1.82, 2.24) is 24.9 Å². The van der Waals surface area contributed by atoms with Crippen molar-refractivity contribution in [1.29, 1.82) is 0 Å². The minimum absolute atomic E-state index is 0.0194. The number of carbonyl (C=O) groups is 1. The van der Waals surface area contributed by atoms with E-state index in [0.29, 0.717) is 30.5 Å². The minimum Gasteiger partial charge on any atom is -0.486 e. The van der Waals surface area contributed by atoms with Crippen LogP contribution in [0.4, 0.5) is 0 Å². The summed E-state index contributed by atoms with van der Waals surface area (Å²) < 4.78 is 12.3. The number of carbonyl (C=O) groups excluding carboxylic acids is 1. The Hall–Kier alpha value is -3.47. The highest BCUT2D eigenvalue weighted by atomic mass is 35.5. The number of aromatic nitrogens is 4. The zero-order valence-electron chi connectivity index (χ0n) is 18.8. The van der Waals surface area contributed by atoms with Gasteiger partial charge in [-0.1, -0.05) is 35.9 Å². The van der Waals surface area contributed by atoms with Crippen molar-refractivity contribution >= 4 is 28.9 Å². The van der Waals surface area contributed by atoms with Crippen LogP contribution in [0.5, 0.6) is 5.75 Å². The van der Waals surface area contributed by atoms with Crippen LogP contribution in [0.3, 0.4) is 0 Å². The van der Waals surface area contributed by atoms with Crippen molar-refractivity contribution < 1.29 is 19.4 Å². The molecular weight excluding hydrogens is 474 g/mol. The fourth-order valence-corrected chi connectivity index (χ4v) is 4.19. The van der Waals surface area contributed by atoms with Crippen LogP contribution in [0.1, 0.15) is 34.7 Å². The lowest BCUT2D eigenvalue weighted by molar-refractivity contribution is -0.133. The van der Waals surface area contributed by atoms with Crippen LogP contribution in [0.15, 0.2) is 47.3 Å². The van der Waals surface area contributed by atoms with Crippen molar-refractivity contribution in [3.8, 4) is 5.75 Å². The predicted octanol–water partition coefficient (Wildman–Crippen LogP) is 2.12. The van der Waals surface area contributed by atoms with Crippen LogP contribution >= 0.6 is 11.6 Å². The molecule has 35 heavy (non-hydrogen) atoms. The van der Waals surface area contributed by atoms with Gasteiger partial charge in [0, 0.05) is 12.6 Å². The number of amides is 1. The fourth-order valence-electron chi connectivity index (χ4n) is 3.94. The SMILES string of the molecule is O=C(NCC1(CO)COC1)c1c(Cl)cccc1OCc1cc(=O)n2nc(C3=CC=CCC3)nc2[nH]1. The molecule has 182 valence electrons. The number of allylic oxidation sites excluding steroid dienone is 4. The van der Waals surface area contributed by atoms with Crippen LogP contribution < -0.4 is 15.6 Å². The first kappa shape index (κ1) is 23.3. The van der Waals surface area contributed by atoms with E-state index in [2.05, 4.69) is 26.5 Å². The van der Waals surface area contributed by atoms with Gasteiger partial charge >= 0.3 is 0 Å². The Kier molecular flexibility index (Phi) is 6.42. The van der Waals surface area contributed by atoms with Crippen LogP contribution in [0.25, 0.3) is 11.4 Å². The molecule has 3 heterocycles. The van der Waals surface area contributed by atoms with Gasteiger partial charge in [0.15, 0.2) is 5.82 Å². The molecule has 0 atom stereocenters. The van der Waals surface area contributed by atoms with Gasteiger partial charge in [-0.25, -0.2) is 0 Å². The molecular formula is C24H24ClN5O5. The number of H-pyrrole nitrogens is 1. The number of halogens is 1. The lowest BCUT2D eigenvalue weighted by Crippen LogP contribution is -2.53. The van der Waals surface area contributed by atoms with E-state index in [1.807, 2.05) is 12.2 Å². The lowest BCUT2D eigenvalue weighted by Gasteiger charge is -2.39. The first-order valence-electron chi connectivity index (χ1n) is 11.2. The number of hydrogen-bond acceptors (Lipinski definition) is 7. The molecule has 0 unspecified atom stereocenters. The topological polar surface area (TPSA) is 131 Å². The van der Waals surface area contributed by atoms with E-state index in [9.17, 15) is 14.7 Å². The summed E-state index contributed by atoms with van der Waals surface area (Å²) in [5.41, 5.74) is 0.787. The highest BCUT2D eigenvalue weighted by molar-refractivity contribution is 6.34. The summed E-state index contributed by atoms with van der Waals surface area (Å²) in [7, 11) is 0. The first-order valence-corrected chi connectivity index (χ1v) is 11.6. The van der Waals surface area contributed by atoms with Gasteiger partial charge in [0.05, 0.1) is 41.5 Å². The van der Waals surface area contributed by atoms with Crippen LogP contribution in [0.2, 0.25) is 5.02 Å². The summed E-state index contributed by atoms with van der Waals surface area (Å²) in [4.78, 5) is 33.0. The Labute approximate surface area is 205 Å². The predicted molar refractivity (Wildman–Crippen MR) is 128 cm³/mol. The minimum atomic E-state index is -0.478. The van der Waals surface area contributed by atoms with Gasteiger partial charge in [0.1, 0.15) is 12.4 Å². The zero-order valence-corrected chi connectivity index (χ0v) is 19.5. The van der Waals surface area contributed by atoms with E-state index < -0.39 is 11.3 Å². The van der Waals surface area contributed by atoms with Gasteiger partial charge in [-0.2, -0.15) is 9.50 Å². The Morgan fingerprint density at radius 2 is 2.23 bits per heavy atom. The largest absolute Gasteiger partial charge is 0.486 e. The fraction of sp³-hybridized carbons (Fsp3) is 0.333. The number of aliphatic hydroxyl groups excluding tert-OH is 1. The summed E-state index contributed by atoms with van der Waals surface area (Å²) >= 11 is 6.31. The van der Waals surface area contributed by atoms with Crippen LogP contribution in [0, 0.1) is 5.41 Å². The summed E-state index contributed by atoms with van der Waals surface area (Å²) in [6.45, 7) is 0.897. The van der Waals surface area contributed by atoms with Gasteiger partial charge < -0.3 is 24.9 Å². The second-order valence-electron chi connectivity index (χ2n) is 8.70. The molecule has 11 heteroatoms. The maximum absolute atomic E-state index is 12.9. The van der Waals surface area contributed by atoms with Crippen molar-refractivity contribution in [3.63, 3.8) is 0 Å². The second kappa shape index (κ2) is 9.65. The van der Waals surface area contributed by atoms with Gasteiger partial charge in [-0.15, -0.1) is 5.10 Å². The van der Waals surface area contributed by atoms with Crippen molar-refractivity contribution in [2.45, 2.75) is 19.4 Å². The van der Waals surface area contributed by atoms with Crippen molar-refractivity contribution in [2.24, 2.45) is 5.41 Å². The molecule has 0 bridgehead atoms. The third-order valence-electron chi connectivity index (χ3n) is 6.05. The number of fused-ring (bicyclic) bond motifs is 1. The van der Waals surface area contributed by atoms with E-state index in [0.717, 1.165) is 18.4 Å². The molecule has 1 aliphatic heterocycles. The number of nitrogens with one attached hydrogen (secondary N) is 2. The molecule has 5 rings (SSSR count). The second-order valence-corrected chi connectivity index (χ2v) is 9.10. The van der Waals surface area contributed by atoms with Gasteiger partial charge in [0.2, 0.25) is 5.78 Å². The average molecular weight is 498 g/mol. The Balaban J connectivity index is 1.34. The molecule has 1 saturated heterocycles. The quantitative estimate of drug-likeness (QED) is 0.434. The molecule has 2 aromatic heterocycles. The van der Waals surface area contributed by atoms with Crippen molar-refractivity contribution in [3.05, 3.63) is 75.0 Å². The van der Waals surface area contributed by atoms with Gasteiger partial charge in [-0.3, -0.25) is 9.59 Å². The highest BCUT2D eigenvalue weighted by Crippen LogP contribution is 2.29. The molecule has 0 radical (unpaired) electrons. The molecule has 1 fully saturated rings. The molecule has 10 nitrogen and oxygen atoms in total. The summed E-state index contributed by atoms with van der Waals surface area (Å²) in [6, 6.07) is 6.28. The third kappa shape index (κ3) is 4.72. The number of rotatable bonds is 8. The van der Waals surface area contributed by atoms with E-state index in [1.165, 1.54) is 10.6 Å². The molecule has 1 amide bonds. The van der Waals surface area contributed by atoms with Gasteiger partial charge in [0.25, 0.3) is 11.5 Å². The number of hydrogen-bond donors (Lipinski definition) is 3. The smallest absolute Gasteiger partial charge is 0.276 e. The highest BCUT2D eigenvalue weighted by Gasteiger charge is 2.38. The molecule has 1 aliphatic carbocycles. The molecule has 3 N–H and O–H groups in total.